The van der Waals surface area contributed by atoms with E-state index in [1.54, 1.807) is 6.92 Å². The largest absolute Gasteiger partial charge is 0.485 e. The Kier molecular flexibility index (Phi) is 7.41. The number of carbonyl (C=O) groups is 1. The lowest BCUT2D eigenvalue weighted by Crippen LogP contribution is -2.36. The molecule has 1 aromatic carbocycles. The molecular formula is C24H27F4N3O2. The Morgan fingerprint density at radius 3 is 2.52 bits per heavy atom. The molecule has 178 valence electrons. The van der Waals surface area contributed by atoms with Crippen LogP contribution in [0.3, 0.4) is 0 Å². The van der Waals surface area contributed by atoms with Crippen LogP contribution >= 0.6 is 0 Å². The van der Waals surface area contributed by atoms with Gasteiger partial charge in [-0.1, -0.05) is 19.4 Å². The molecule has 0 aliphatic carbocycles. The Morgan fingerprint density at radius 1 is 1.24 bits per heavy atom. The van der Waals surface area contributed by atoms with E-state index in [0.717, 1.165) is 37.2 Å². The number of alkyl halides is 2. The van der Waals surface area contributed by atoms with Gasteiger partial charge in [0.25, 0.3) is 6.43 Å². The van der Waals surface area contributed by atoms with Crippen LogP contribution in [0, 0.1) is 18.6 Å². The first-order chi connectivity index (χ1) is 15.5. The standard InChI is InChI=1S/C24H27F4N3O2/c1-4-9-24(3,29)10-8-19(32)21-14(2)30-23-20(11-15(22(27)28)12-31(21)23)33-13-16-17(25)6-5-7-18(16)26/h5-7,11-12,22H,4,8-10,13,29H2,1-3H3. The van der Waals surface area contributed by atoms with Crippen molar-refractivity contribution in [3.05, 3.63) is 64.6 Å². The molecule has 5 nitrogen and oxygen atoms in total. The highest BCUT2D eigenvalue weighted by atomic mass is 19.3. The van der Waals surface area contributed by atoms with Gasteiger partial charge in [0, 0.05) is 23.7 Å². The first-order valence-corrected chi connectivity index (χ1v) is 10.7. The smallest absolute Gasteiger partial charge is 0.265 e. The molecule has 2 N–H and O–H groups in total. The van der Waals surface area contributed by atoms with Crippen molar-refractivity contribution in [2.24, 2.45) is 5.73 Å². The van der Waals surface area contributed by atoms with Crippen LogP contribution in [0.15, 0.2) is 30.5 Å². The van der Waals surface area contributed by atoms with Crippen molar-refractivity contribution in [3.63, 3.8) is 0 Å². The zero-order valence-corrected chi connectivity index (χ0v) is 18.8. The first-order valence-electron chi connectivity index (χ1n) is 10.7. The number of fused-ring (bicyclic) bond motifs is 1. The normalized spacial score (nSPS) is 13.5. The Hall–Kier alpha value is -2.94. The van der Waals surface area contributed by atoms with E-state index < -0.39 is 35.8 Å². The highest BCUT2D eigenvalue weighted by Crippen LogP contribution is 2.31. The van der Waals surface area contributed by atoms with Gasteiger partial charge in [0.2, 0.25) is 0 Å². The van der Waals surface area contributed by atoms with Crippen molar-refractivity contribution < 1.29 is 27.1 Å². The molecule has 0 saturated carbocycles. The van der Waals surface area contributed by atoms with E-state index in [1.165, 1.54) is 10.5 Å². The number of Topliss-reactive ketones (excluding diaryl/α,β-unsaturated/α-hetero) is 1. The summed E-state index contributed by atoms with van der Waals surface area (Å²) in [6.07, 6.45) is 0.443. The number of aryl methyl sites for hydroxylation is 1. The second kappa shape index (κ2) is 9.91. The molecule has 1 atom stereocenters. The number of rotatable bonds is 10. The van der Waals surface area contributed by atoms with Crippen LogP contribution in [-0.4, -0.2) is 20.7 Å². The zero-order chi connectivity index (χ0) is 24.3. The molecule has 0 amide bonds. The first kappa shape index (κ1) is 24.7. The topological polar surface area (TPSA) is 69.6 Å². The van der Waals surface area contributed by atoms with E-state index in [2.05, 4.69) is 4.98 Å². The van der Waals surface area contributed by atoms with Crippen molar-refractivity contribution in [1.29, 1.82) is 0 Å². The van der Waals surface area contributed by atoms with Crippen LogP contribution in [0.1, 0.15) is 73.3 Å². The summed E-state index contributed by atoms with van der Waals surface area (Å²) in [5.41, 5.74) is 5.56. The fraction of sp³-hybridized carbons (Fsp3) is 0.417. The number of carbonyl (C=O) groups excluding carboxylic acids is 1. The second-order valence-electron chi connectivity index (χ2n) is 8.49. The van der Waals surface area contributed by atoms with Gasteiger partial charge in [-0.05, 0) is 44.9 Å². The van der Waals surface area contributed by atoms with Crippen LogP contribution in [0.25, 0.3) is 5.65 Å². The van der Waals surface area contributed by atoms with Crippen LogP contribution < -0.4 is 10.5 Å². The van der Waals surface area contributed by atoms with Gasteiger partial charge in [0.05, 0.1) is 11.3 Å². The fourth-order valence-corrected chi connectivity index (χ4v) is 3.84. The molecule has 0 bridgehead atoms. The van der Waals surface area contributed by atoms with Gasteiger partial charge >= 0.3 is 0 Å². The summed E-state index contributed by atoms with van der Waals surface area (Å²) in [7, 11) is 0. The maximum absolute atomic E-state index is 14.0. The molecule has 0 saturated heterocycles. The minimum Gasteiger partial charge on any atom is -0.485 e. The van der Waals surface area contributed by atoms with Gasteiger partial charge in [-0.25, -0.2) is 22.5 Å². The molecule has 0 radical (unpaired) electrons. The lowest BCUT2D eigenvalue weighted by molar-refractivity contribution is 0.0963. The maximum atomic E-state index is 14.0. The van der Waals surface area contributed by atoms with Gasteiger partial charge in [-0.15, -0.1) is 0 Å². The molecule has 0 aliphatic rings. The van der Waals surface area contributed by atoms with Crippen molar-refractivity contribution >= 4 is 11.4 Å². The molecule has 9 heteroatoms. The van der Waals surface area contributed by atoms with Crippen molar-refractivity contribution in [2.75, 3.05) is 0 Å². The third-order valence-corrected chi connectivity index (χ3v) is 5.58. The van der Waals surface area contributed by atoms with Gasteiger partial charge < -0.3 is 10.5 Å². The average molecular weight is 465 g/mol. The summed E-state index contributed by atoms with van der Waals surface area (Å²) in [6, 6.07) is 4.43. The van der Waals surface area contributed by atoms with E-state index in [0.29, 0.717) is 12.1 Å². The van der Waals surface area contributed by atoms with Crippen molar-refractivity contribution in [1.82, 2.24) is 9.38 Å². The third kappa shape index (κ3) is 5.52. The molecular weight excluding hydrogens is 438 g/mol. The Bertz CT molecular complexity index is 1140. The predicted molar refractivity (Wildman–Crippen MR) is 117 cm³/mol. The molecule has 0 fully saturated rings. The lowest BCUT2D eigenvalue weighted by Gasteiger charge is -2.23. The van der Waals surface area contributed by atoms with E-state index in [1.807, 2.05) is 13.8 Å². The summed E-state index contributed by atoms with van der Waals surface area (Å²) in [5, 5.41) is 0. The summed E-state index contributed by atoms with van der Waals surface area (Å²) in [6.45, 7) is 4.94. The summed E-state index contributed by atoms with van der Waals surface area (Å²) in [5.74, 6) is -2.02. The number of halogens is 4. The second-order valence-corrected chi connectivity index (χ2v) is 8.49. The minimum atomic E-state index is -2.86. The number of ketones is 1. The van der Waals surface area contributed by atoms with Crippen LogP contribution in [0.5, 0.6) is 5.75 Å². The number of nitrogens with zero attached hydrogens (tertiary/aromatic N) is 2. The van der Waals surface area contributed by atoms with Gasteiger partial charge in [0.15, 0.2) is 17.2 Å². The number of pyridine rings is 1. The summed E-state index contributed by atoms with van der Waals surface area (Å²) >= 11 is 0. The van der Waals surface area contributed by atoms with E-state index in [9.17, 15) is 22.4 Å². The number of ether oxygens (including phenoxy) is 1. The Balaban J connectivity index is 1.98. The van der Waals surface area contributed by atoms with Crippen LogP contribution in [0.4, 0.5) is 17.6 Å². The van der Waals surface area contributed by atoms with E-state index >= 15 is 0 Å². The van der Waals surface area contributed by atoms with Gasteiger partial charge in [0.1, 0.15) is 23.9 Å². The highest BCUT2D eigenvalue weighted by Gasteiger charge is 2.25. The monoisotopic (exact) mass is 465 g/mol. The molecule has 3 rings (SSSR count). The molecule has 33 heavy (non-hydrogen) atoms. The van der Waals surface area contributed by atoms with Crippen LogP contribution in [0.2, 0.25) is 0 Å². The van der Waals surface area contributed by atoms with Crippen molar-refractivity contribution in [2.45, 2.75) is 65.0 Å². The Morgan fingerprint density at radius 2 is 1.91 bits per heavy atom. The summed E-state index contributed by atoms with van der Waals surface area (Å²) in [4.78, 5) is 17.3. The molecule has 2 aromatic heterocycles. The number of aromatic nitrogens is 2. The SMILES string of the molecule is CCCC(C)(N)CCC(=O)c1c(C)nc2c(OCc3c(F)cccc3F)cc(C(F)F)cn12. The molecule has 1 unspecified atom stereocenters. The lowest BCUT2D eigenvalue weighted by atomic mass is 9.90. The van der Waals surface area contributed by atoms with Crippen molar-refractivity contribution in [3.8, 4) is 5.75 Å². The van der Waals surface area contributed by atoms with Gasteiger partial charge in [-0.2, -0.15) is 0 Å². The quantitative estimate of drug-likeness (QED) is 0.298. The number of nitrogens with two attached hydrogens (primary N) is 1. The number of hydrogen-bond donors (Lipinski definition) is 1. The minimum absolute atomic E-state index is 0.104. The predicted octanol–water partition coefficient (Wildman–Crippen LogP) is 5.92. The third-order valence-electron chi connectivity index (χ3n) is 5.58. The molecule has 0 aliphatic heterocycles. The number of hydrogen-bond acceptors (Lipinski definition) is 4. The number of benzene rings is 1. The van der Waals surface area contributed by atoms with Crippen LogP contribution in [-0.2, 0) is 6.61 Å². The molecule has 0 spiro atoms. The summed E-state index contributed by atoms with van der Waals surface area (Å²) < 4.78 is 61.9. The maximum Gasteiger partial charge on any atom is 0.265 e. The average Bonchev–Trinajstić information content (AvgIpc) is 3.07. The molecule has 3 aromatic rings. The van der Waals surface area contributed by atoms with Gasteiger partial charge in [-0.3, -0.25) is 9.20 Å². The Labute approximate surface area is 189 Å². The van der Waals surface area contributed by atoms with E-state index in [4.69, 9.17) is 10.5 Å². The molecule has 2 heterocycles. The number of imidazole rings is 1. The fourth-order valence-electron chi connectivity index (χ4n) is 3.84. The highest BCUT2D eigenvalue weighted by molar-refractivity contribution is 5.96. The zero-order valence-electron chi connectivity index (χ0n) is 18.8. The van der Waals surface area contributed by atoms with E-state index in [-0.39, 0.29) is 34.9 Å².